The van der Waals surface area contributed by atoms with Crippen LogP contribution < -0.4 is 9.46 Å². The topological polar surface area (TPSA) is 96.3 Å². The van der Waals surface area contributed by atoms with E-state index in [1.807, 2.05) is 25.1 Å². The lowest BCUT2D eigenvalue weighted by atomic mass is 9.97. The average Bonchev–Trinajstić information content (AvgIpc) is 2.92. The molecule has 0 aliphatic carbocycles. The molecule has 7 heteroatoms. The van der Waals surface area contributed by atoms with Crippen LogP contribution in [0.2, 0.25) is 0 Å². The molecule has 0 fully saturated rings. The standard InChI is InChI=1S/C18H16N2O4S/c1-11-7-8-13(10-19)9-16(11)25(22,23)20-18(21)17-12(2)14-5-3-4-6-15(14)24-17/h3-9,12,17H,1-2H3,(H,20,21)/t12-,17+/m0/s1. The molecule has 1 heterocycles. The maximum atomic E-state index is 12.6. The molecule has 0 bridgehead atoms. The maximum Gasteiger partial charge on any atom is 0.275 e. The number of para-hydroxylation sites is 1. The number of aryl methyl sites for hydroxylation is 1. The molecule has 0 radical (unpaired) electrons. The quantitative estimate of drug-likeness (QED) is 0.910. The summed E-state index contributed by atoms with van der Waals surface area (Å²) in [7, 11) is -4.10. The molecule has 0 saturated heterocycles. The van der Waals surface area contributed by atoms with E-state index in [4.69, 9.17) is 10.00 Å². The zero-order chi connectivity index (χ0) is 18.2. The van der Waals surface area contributed by atoms with Crippen LogP contribution in [0.3, 0.4) is 0 Å². The van der Waals surface area contributed by atoms with Crippen molar-refractivity contribution >= 4 is 15.9 Å². The smallest absolute Gasteiger partial charge is 0.275 e. The van der Waals surface area contributed by atoms with Gasteiger partial charge in [0.25, 0.3) is 15.9 Å². The number of nitrogens with zero attached hydrogens (tertiary/aromatic N) is 1. The highest BCUT2D eigenvalue weighted by atomic mass is 32.2. The van der Waals surface area contributed by atoms with Crippen molar-refractivity contribution in [3.05, 3.63) is 59.2 Å². The lowest BCUT2D eigenvalue weighted by molar-refractivity contribution is -0.126. The van der Waals surface area contributed by atoms with Crippen LogP contribution in [0.4, 0.5) is 0 Å². The fourth-order valence-electron chi connectivity index (χ4n) is 2.85. The maximum absolute atomic E-state index is 12.6. The highest BCUT2D eigenvalue weighted by molar-refractivity contribution is 7.90. The molecule has 0 spiro atoms. The molecule has 2 atom stereocenters. The van der Waals surface area contributed by atoms with Crippen molar-refractivity contribution < 1.29 is 17.9 Å². The first kappa shape index (κ1) is 17.0. The second-order valence-corrected chi connectivity index (χ2v) is 7.58. The van der Waals surface area contributed by atoms with E-state index in [-0.39, 0.29) is 16.4 Å². The van der Waals surface area contributed by atoms with E-state index in [1.165, 1.54) is 18.2 Å². The molecule has 1 aliphatic rings. The normalized spacial score (nSPS) is 18.8. The molecule has 2 aromatic carbocycles. The van der Waals surface area contributed by atoms with Gasteiger partial charge in [0.05, 0.1) is 16.5 Å². The summed E-state index contributed by atoms with van der Waals surface area (Å²) in [5, 5.41) is 8.96. The number of benzene rings is 2. The molecule has 1 aliphatic heterocycles. The number of ether oxygens (including phenoxy) is 1. The Bertz CT molecular complexity index is 992. The van der Waals surface area contributed by atoms with E-state index in [9.17, 15) is 13.2 Å². The van der Waals surface area contributed by atoms with Crippen LogP contribution in [0.15, 0.2) is 47.4 Å². The molecule has 1 N–H and O–H groups in total. The number of carbonyl (C=O) groups excluding carboxylic acids is 1. The molecule has 0 aromatic heterocycles. The van der Waals surface area contributed by atoms with Crippen molar-refractivity contribution in [1.82, 2.24) is 4.72 Å². The molecule has 128 valence electrons. The van der Waals surface area contributed by atoms with Crippen LogP contribution in [0.25, 0.3) is 0 Å². The second-order valence-electron chi connectivity index (χ2n) is 5.93. The van der Waals surface area contributed by atoms with Gasteiger partial charge in [-0.05, 0) is 30.7 Å². The first-order chi connectivity index (χ1) is 11.8. The predicted octanol–water partition coefficient (Wildman–Crippen LogP) is 2.24. The van der Waals surface area contributed by atoms with Gasteiger partial charge in [-0.15, -0.1) is 0 Å². The van der Waals surface area contributed by atoms with Gasteiger partial charge >= 0.3 is 0 Å². The van der Waals surface area contributed by atoms with Gasteiger partial charge < -0.3 is 4.74 Å². The minimum absolute atomic E-state index is 0.0944. The number of hydrogen-bond acceptors (Lipinski definition) is 5. The minimum Gasteiger partial charge on any atom is -0.480 e. The highest BCUT2D eigenvalue weighted by Gasteiger charge is 2.38. The number of amides is 1. The monoisotopic (exact) mass is 356 g/mol. The fraction of sp³-hybridized carbons (Fsp3) is 0.222. The van der Waals surface area contributed by atoms with Crippen LogP contribution in [-0.4, -0.2) is 20.4 Å². The Morgan fingerprint density at radius 3 is 2.64 bits per heavy atom. The summed E-state index contributed by atoms with van der Waals surface area (Å²) in [5.74, 6) is -0.418. The number of nitriles is 1. The third kappa shape index (κ3) is 3.08. The molecular formula is C18H16N2O4S. The Hall–Kier alpha value is -2.85. The summed E-state index contributed by atoms with van der Waals surface area (Å²) >= 11 is 0. The van der Waals surface area contributed by atoms with Crippen molar-refractivity contribution in [2.24, 2.45) is 0 Å². The summed E-state index contributed by atoms with van der Waals surface area (Å²) in [6, 6.07) is 13.4. The van der Waals surface area contributed by atoms with Gasteiger partial charge in [0.2, 0.25) is 0 Å². The summed E-state index contributed by atoms with van der Waals surface area (Å²) < 4.78 is 32.8. The van der Waals surface area contributed by atoms with Gasteiger partial charge in [0, 0.05) is 11.5 Å². The van der Waals surface area contributed by atoms with Crippen molar-refractivity contribution in [2.75, 3.05) is 0 Å². The highest BCUT2D eigenvalue weighted by Crippen LogP contribution is 2.37. The molecule has 2 aromatic rings. The Kier molecular flexibility index (Phi) is 4.23. The van der Waals surface area contributed by atoms with Crippen molar-refractivity contribution in [1.29, 1.82) is 5.26 Å². The third-order valence-corrected chi connectivity index (χ3v) is 5.71. The van der Waals surface area contributed by atoms with Crippen LogP contribution in [-0.2, 0) is 14.8 Å². The largest absolute Gasteiger partial charge is 0.480 e. The van der Waals surface area contributed by atoms with Gasteiger partial charge in [-0.1, -0.05) is 31.2 Å². The Morgan fingerprint density at radius 1 is 1.24 bits per heavy atom. The first-order valence-corrected chi connectivity index (χ1v) is 9.15. The number of sulfonamides is 1. The van der Waals surface area contributed by atoms with Gasteiger partial charge in [-0.25, -0.2) is 13.1 Å². The van der Waals surface area contributed by atoms with E-state index in [1.54, 1.807) is 19.1 Å². The summed E-state index contributed by atoms with van der Waals surface area (Å²) in [5.41, 5.74) is 1.52. The summed E-state index contributed by atoms with van der Waals surface area (Å²) in [6.07, 6.45) is -0.924. The van der Waals surface area contributed by atoms with Crippen LogP contribution in [0, 0.1) is 18.3 Å². The Balaban J connectivity index is 1.85. The lowest BCUT2D eigenvalue weighted by Crippen LogP contribution is -2.42. The van der Waals surface area contributed by atoms with Crippen LogP contribution >= 0.6 is 0 Å². The van der Waals surface area contributed by atoms with Crippen LogP contribution in [0.5, 0.6) is 5.75 Å². The fourth-order valence-corrected chi connectivity index (χ4v) is 4.12. The lowest BCUT2D eigenvalue weighted by Gasteiger charge is -2.16. The second kappa shape index (κ2) is 6.22. The molecule has 25 heavy (non-hydrogen) atoms. The zero-order valence-corrected chi connectivity index (χ0v) is 14.5. The van der Waals surface area contributed by atoms with Gasteiger partial charge in [-0.3, -0.25) is 4.79 Å². The predicted molar refractivity (Wildman–Crippen MR) is 90.5 cm³/mol. The van der Waals surface area contributed by atoms with Crippen molar-refractivity contribution in [2.45, 2.75) is 30.8 Å². The van der Waals surface area contributed by atoms with E-state index in [0.717, 1.165) is 5.56 Å². The average molecular weight is 356 g/mol. The number of hydrogen-bond donors (Lipinski definition) is 1. The van der Waals surface area contributed by atoms with Gasteiger partial charge in [0.15, 0.2) is 6.10 Å². The molecule has 0 unspecified atom stereocenters. The first-order valence-electron chi connectivity index (χ1n) is 7.66. The number of nitrogens with one attached hydrogen (secondary N) is 1. The number of rotatable bonds is 3. The van der Waals surface area contributed by atoms with E-state index in [2.05, 4.69) is 4.72 Å². The molecule has 6 nitrogen and oxygen atoms in total. The van der Waals surface area contributed by atoms with E-state index in [0.29, 0.717) is 11.3 Å². The van der Waals surface area contributed by atoms with Crippen molar-refractivity contribution in [3.63, 3.8) is 0 Å². The Labute approximate surface area is 146 Å². The molecule has 3 rings (SSSR count). The van der Waals surface area contributed by atoms with E-state index >= 15 is 0 Å². The number of carbonyl (C=O) groups is 1. The third-order valence-electron chi connectivity index (χ3n) is 4.22. The van der Waals surface area contributed by atoms with Gasteiger partial charge in [0.1, 0.15) is 5.75 Å². The zero-order valence-electron chi connectivity index (χ0n) is 13.7. The SMILES string of the molecule is Cc1ccc(C#N)cc1S(=O)(=O)NC(=O)[C@@H]1Oc2ccccc2[C@@H]1C. The van der Waals surface area contributed by atoms with Gasteiger partial charge in [-0.2, -0.15) is 5.26 Å². The minimum atomic E-state index is -4.10. The Morgan fingerprint density at radius 2 is 1.96 bits per heavy atom. The van der Waals surface area contributed by atoms with Crippen LogP contribution in [0.1, 0.15) is 29.5 Å². The van der Waals surface area contributed by atoms with Crippen molar-refractivity contribution in [3.8, 4) is 11.8 Å². The molecule has 1 amide bonds. The van der Waals surface area contributed by atoms with E-state index < -0.39 is 22.0 Å². The molecule has 0 saturated carbocycles. The summed E-state index contributed by atoms with van der Waals surface area (Å²) in [4.78, 5) is 12.4. The number of fused-ring (bicyclic) bond motifs is 1. The summed E-state index contributed by atoms with van der Waals surface area (Å²) in [6.45, 7) is 3.41. The molecular weight excluding hydrogens is 340 g/mol.